The number of nitrogens with zero attached hydrogens (tertiary/aromatic N) is 2. The van der Waals surface area contributed by atoms with Crippen LogP contribution in [-0.2, 0) is 6.42 Å². The van der Waals surface area contributed by atoms with Gasteiger partial charge in [0.15, 0.2) is 0 Å². The van der Waals surface area contributed by atoms with E-state index >= 15 is 0 Å². The zero-order chi connectivity index (χ0) is 13.8. The summed E-state index contributed by atoms with van der Waals surface area (Å²) in [7, 11) is 0. The number of nitrogens with one attached hydrogen (secondary N) is 1. The molecule has 0 aliphatic carbocycles. The van der Waals surface area contributed by atoms with E-state index in [1.807, 2.05) is 0 Å². The van der Waals surface area contributed by atoms with Crippen molar-refractivity contribution >= 4 is 11.3 Å². The van der Waals surface area contributed by atoms with Crippen LogP contribution in [0.15, 0.2) is 5.38 Å². The van der Waals surface area contributed by atoms with Crippen LogP contribution in [0.3, 0.4) is 0 Å². The van der Waals surface area contributed by atoms with Gasteiger partial charge in [0.25, 0.3) is 0 Å². The highest BCUT2D eigenvalue weighted by Gasteiger charge is 2.25. The van der Waals surface area contributed by atoms with Crippen LogP contribution in [0.4, 0.5) is 0 Å². The molecule has 0 bridgehead atoms. The standard InChI is InChI=1S/C15H27N3S/c1-11(2)7-15-9-18(12(3)8-16-15)6-5-14-10-19-13(4)17-14/h10-12,15-16H,5-9H2,1-4H3. The maximum Gasteiger partial charge on any atom is 0.0897 e. The lowest BCUT2D eigenvalue weighted by atomic mass is 10.00. The first-order valence-electron chi connectivity index (χ1n) is 7.43. The van der Waals surface area contributed by atoms with Crippen LogP contribution >= 0.6 is 11.3 Å². The van der Waals surface area contributed by atoms with Gasteiger partial charge >= 0.3 is 0 Å². The molecule has 0 saturated carbocycles. The molecule has 2 rings (SSSR count). The topological polar surface area (TPSA) is 28.2 Å². The number of aryl methyl sites for hydroxylation is 1. The van der Waals surface area contributed by atoms with Gasteiger partial charge in [0.2, 0.25) is 0 Å². The van der Waals surface area contributed by atoms with Gasteiger partial charge in [-0.1, -0.05) is 13.8 Å². The lowest BCUT2D eigenvalue weighted by Crippen LogP contribution is -2.56. The van der Waals surface area contributed by atoms with Gasteiger partial charge < -0.3 is 5.32 Å². The summed E-state index contributed by atoms with van der Waals surface area (Å²) in [6.07, 6.45) is 2.36. The SMILES string of the molecule is Cc1nc(CCN2CC(CC(C)C)NCC2C)cs1. The first kappa shape index (κ1) is 14.9. The molecule has 1 N–H and O–H groups in total. The molecule has 1 aliphatic rings. The minimum absolute atomic E-state index is 0.642. The molecule has 1 aliphatic heterocycles. The minimum atomic E-state index is 0.642. The fraction of sp³-hybridized carbons (Fsp3) is 0.800. The summed E-state index contributed by atoms with van der Waals surface area (Å²) in [5.41, 5.74) is 1.26. The molecule has 1 fully saturated rings. The third kappa shape index (κ3) is 4.55. The Hall–Kier alpha value is -0.450. The van der Waals surface area contributed by atoms with Gasteiger partial charge in [0.05, 0.1) is 10.7 Å². The molecule has 1 aromatic heterocycles. The Morgan fingerprint density at radius 3 is 2.95 bits per heavy atom. The molecule has 1 aromatic rings. The van der Waals surface area contributed by atoms with Gasteiger partial charge in [-0.05, 0) is 26.2 Å². The van der Waals surface area contributed by atoms with Gasteiger partial charge in [-0.15, -0.1) is 11.3 Å². The second-order valence-electron chi connectivity index (χ2n) is 6.19. The van der Waals surface area contributed by atoms with Crippen molar-refractivity contribution in [3.63, 3.8) is 0 Å². The number of piperazine rings is 1. The Morgan fingerprint density at radius 2 is 2.32 bits per heavy atom. The first-order valence-corrected chi connectivity index (χ1v) is 8.31. The van der Waals surface area contributed by atoms with Gasteiger partial charge in [-0.3, -0.25) is 4.90 Å². The van der Waals surface area contributed by atoms with E-state index in [4.69, 9.17) is 0 Å². The van der Waals surface area contributed by atoms with E-state index in [9.17, 15) is 0 Å². The molecule has 2 atom stereocenters. The predicted octanol–water partition coefficient (Wildman–Crippen LogP) is 2.70. The van der Waals surface area contributed by atoms with Crippen LogP contribution in [0.25, 0.3) is 0 Å². The highest BCUT2D eigenvalue weighted by atomic mass is 32.1. The second kappa shape index (κ2) is 6.82. The Bertz CT molecular complexity index is 388. The molecule has 0 radical (unpaired) electrons. The van der Waals surface area contributed by atoms with Crippen LogP contribution in [0.2, 0.25) is 0 Å². The van der Waals surface area contributed by atoms with E-state index < -0.39 is 0 Å². The zero-order valence-electron chi connectivity index (χ0n) is 12.6. The maximum atomic E-state index is 4.56. The van der Waals surface area contributed by atoms with Crippen molar-refractivity contribution in [1.29, 1.82) is 0 Å². The van der Waals surface area contributed by atoms with Crippen molar-refractivity contribution in [3.05, 3.63) is 16.1 Å². The zero-order valence-corrected chi connectivity index (χ0v) is 13.5. The van der Waals surface area contributed by atoms with Gasteiger partial charge in [-0.2, -0.15) is 0 Å². The normalized spacial score (nSPS) is 25.1. The van der Waals surface area contributed by atoms with E-state index in [1.165, 1.54) is 23.7 Å². The number of thiazole rings is 1. The Kier molecular flexibility index (Phi) is 5.37. The van der Waals surface area contributed by atoms with Crippen LogP contribution in [0, 0.1) is 12.8 Å². The molecule has 1 saturated heterocycles. The van der Waals surface area contributed by atoms with Crippen molar-refractivity contribution in [2.45, 2.75) is 52.6 Å². The van der Waals surface area contributed by atoms with Crippen LogP contribution in [-0.4, -0.2) is 41.6 Å². The number of aromatic nitrogens is 1. The minimum Gasteiger partial charge on any atom is -0.311 e. The Morgan fingerprint density at radius 1 is 1.53 bits per heavy atom. The van der Waals surface area contributed by atoms with Crippen LogP contribution in [0.5, 0.6) is 0 Å². The van der Waals surface area contributed by atoms with Crippen molar-refractivity contribution in [2.75, 3.05) is 19.6 Å². The summed E-state index contributed by atoms with van der Waals surface area (Å²) in [6, 6.07) is 1.30. The number of hydrogen-bond donors (Lipinski definition) is 1. The van der Waals surface area contributed by atoms with Crippen LogP contribution < -0.4 is 5.32 Å². The van der Waals surface area contributed by atoms with Crippen molar-refractivity contribution < 1.29 is 0 Å². The van der Waals surface area contributed by atoms with E-state index in [1.54, 1.807) is 11.3 Å². The molecule has 0 spiro atoms. The molecule has 4 heteroatoms. The molecule has 108 valence electrons. The average molecular weight is 281 g/mol. The second-order valence-corrected chi connectivity index (χ2v) is 7.25. The van der Waals surface area contributed by atoms with Crippen LogP contribution in [0.1, 0.15) is 37.9 Å². The van der Waals surface area contributed by atoms with Crippen molar-refractivity contribution in [1.82, 2.24) is 15.2 Å². The van der Waals surface area contributed by atoms with Gasteiger partial charge in [-0.25, -0.2) is 4.98 Å². The van der Waals surface area contributed by atoms with E-state index in [-0.39, 0.29) is 0 Å². The average Bonchev–Trinajstić information content (AvgIpc) is 2.75. The first-order chi connectivity index (χ1) is 9.04. The Balaban J connectivity index is 1.83. The third-order valence-electron chi connectivity index (χ3n) is 3.86. The lowest BCUT2D eigenvalue weighted by Gasteiger charge is -2.39. The molecule has 3 nitrogen and oxygen atoms in total. The predicted molar refractivity (Wildman–Crippen MR) is 82.8 cm³/mol. The third-order valence-corrected chi connectivity index (χ3v) is 4.68. The monoisotopic (exact) mass is 281 g/mol. The van der Waals surface area contributed by atoms with Crippen molar-refractivity contribution in [2.24, 2.45) is 5.92 Å². The molecule has 0 aromatic carbocycles. The molecule has 19 heavy (non-hydrogen) atoms. The van der Waals surface area contributed by atoms with E-state index in [0.717, 1.165) is 25.4 Å². The molecular formula is C15H27N3S. The highest BCUT2D eigenvalue weighted by Crippen LogP contribution is 2.15. The van der Waals surface area contributed by atoms with Gasteiger partial charge in [0, 0.05) is 43.5 Å². The maximum absolute atomic E-state index is 4.56. The van der Waals surface area contributed by atoms with Gasteiger partial charge in [0.1, 0.15) is 0 Å². The quantitative estimate of drug-likeness (QED) is 0.899. The summed E-state index contributed by atoms with van der Waals surface area (Å²) in [5.74, 6) is 0.772. The summed E-state index contributed by atoms with van der Waals surface area (Å²) in [6.45, 7) is 12.5. The smallest absolute Gasteiger partial charge is 0.0897 e. The summed E-state index contributed by atoms with van der Waals surface area (Å²) in [4.78, 5) is 7.19. The fourth-order valence-corrected chi connectivity index (χ4v) is 3.46. The highest BCUT2D eigenvalue weighted by molar-refractivity contribution is 7.09. The molecular weight excluding hydrogens is 254 g/mol. The summed E-state index contributed by atoms with van der Waals surface area (Å²) in [5, 5.41) is 7.06. The summed E-state index contributed by atoms with van der Waals surface area (Å²) >= 11 is 1.76. The molecule has 0 amide bonds. The molecule has 2 heterocycles. The Labute approximate surface area is 121 Å². The lowest BCUT2D eigenvalue weighted by molar-refractivity contribution is 0.133. The number of rotatable bonds is 5. The fourth-order valence-electron chi connectivity index (χ4n) is 2.81. The molecule has 2 unspecified atom stereocenters. The largest absolute Gasteiger partial charge is 0.311 e. The number of hydrogen-bond acceptors (Lipinski definition) is 4. The summed E-state index contributed by atoms with van der Waals surface area (Å²) < 4.78 is 0. The van der Waals surface area contributed by atoms with E-state index in [2.05, 4.69) is 48.3 Å². The van der Waals surface area contributed by atoms with Crippen molar-refractivity contribution in [3.8, 4) is 0 Å². The van der Waals surface area contributed by atoms with E-state index in [0.29, 0.717) is 12.1 Å².